The van der Waals surface area contributed by atoms with Crippen LogP contribution < -0.4 is 4.74 Å². The molecule has 0 aliphatic heterocycles. The summed E-state index contributed by atoms with van der Waals surface area (Å²) in [5.41, 5.74) is 2.15. The van der Waals surface area contributed by atoms with E-state index in [4.69, 9.17) is 24.3 Å². The van der Waals surface area contributed by atoms with E-state index in [1.165, 1.54) is 13.5 Å². The third-order valence-electron chi connectivity index (χ3n) is 6.35. The van der Waals surface area contributed by atoms with Gasteiger partial charge in [0.1, 0.15) is 10.8 Å². The van der Waals surface area contributed by atoms with Crippen LogP contribution >= 0.6 is 11.3 Å². The third-order valence-corrected chi connectivity index (χ3v) is 7.33. The zero-order valence-corrected chi connectivity index (χ0v) is 20.3. The summed E-state index contributed by atoms with van der Waals surface area (Å²) in [6, 6.07) is 8.13. The normalized spacial score (nSPS) is 18.5. The minimum Gasteiger partial charge on any atom is -0.494 e. The molecule has 1 aliphatic carbocycles. The predicted octanol–water partition coefficient (Wildman–Crippen LogP) is 5.49. The maximum Gasteiger partial charge on any atom is 0.308 e. The smallest absolute Gasteiger partial charge is 0.308 e. The highest BCUT2D eigenvalue weighted by molar-refractivity contribution is 7.19. The molecule has 0 bridgehead atoms. The van der Waals surface area contributed by atoms with E-state index in [1.54, 1.807) is 18.4 Å². The number of fused-ring (bicyclic) bond motifs is 1. The van der Waals surface area contributed by atoms with Crippen LogP contribution in [0.3, 0.4) is 0 Å². The number of carbonyl (C=O) groups excluding carboxylic acids is 1. The summed E-state index contributed by atoms with van der Waals surface area (Å²) in [7, 11) is 3.21. The van der Waals surface area contributed by atoms with Gasteiger partial charge in [0, 0.05) is 25.2 Å². The van der Waals surface area contributed by atoms with Crippen LogP contribution in [-0.2, 0) is 14.3 Å². The molecule has 7 nitrogen and oxygen atoms in total. The molecular formula is C25H33N3O4S. The molecule has 0 N–H and O–H groups in total. The minimum absolute atomic E-state index is 0.0348. The molecule has 0 unspecified atom stereocenters. The molecule has 1 aromatic carbocycles. The largest absolute Gasteiger partial charge is 0.494 e. The number of aromatic nitrogens is 3. The Kier molecular flexibility index (Phi) is 8.34. The standard InChI is InChI=1S/C25H33N3O4S/c1-30-15-5-3-4-6-16-32-21-13-11-19(12-14-21)23-27-28-17-22(26-25(28)33-23)18-7-9-20(10-8-18)24(29)31-2/h11-14,17-18,20H,3-10,15-16H2,1-2H3/t18-,20-. The number of nitrogens with zero attached hydrogens (tertiary/aromatic N) is 3. The molecule has 8 heteroatoms. The first-order valence-corrected chi connectivity index (χ1v) is 12.7. The minimum atomic E-state index is -0.0834. The summed E-state index contributed by atoms with van der Waals surface area (Å²) < 4.78 is 17.7. The summed E-state index contributed by atoms with van der Waals surface area (Å²) in [6.07, 6.45) is 10.2. The Hall–Kier alpha value is -2.45. The lowest BCUT2D eigenvalue weighted by Crippen LogP contribution is -2.22. The maximum atomic E-state index is 11.8. The van der Waals surface area contributed by atoms with Crippen LogP contribution in [0.5, 0.6) is 5.75 Å². The summed E-state index contributed by atoms with van der Waals surface area (Å²) in [6.45, 7) is 1.57. The first kappa shape index (κ1) is 23.7. The summed E-state index contributed by atoms with van der Waals surface area (Å²) in [5, 5.41) is 5.69. The van der Waals surface area contributed by atoms with Crippen LogP contribution in [0, 0.1) is 5.92 Å². The number of methoxy groups -OCH3 is 2. The number of hydrogen-bond donors (Lipinski definition) is 0. The molecule has 1 saturated carbocycles. The number of unbranched alkanes of at least 4 members (excludes halogenated alkanes) is 3. The number of ether oxygens (including phenoxy) is 3. The van der Waals surface area contributed by atoms with Crippen molar-refractivity contribution in [3.05, 3.63) is 36.2 Å². The first-order valence-electron chi connectivity index (χ1n) is 11.8. The van der Waals surface area contributed by atoms with Crippen molar-refractivity contribution < 1.29 is 19.0 Å². The highest BCUT2D eigenvalue weighted by atomic mass is 32.1. The van der Waals surface area contributed by atoms with E-state index >= 15 is 0 Å². The van der Waals surface area contributed by atoms with Gasteiger partial charge >= 0.3 is 5.97 Å². The van der Waals surface area contributed by atoms with E-state index in [2.05, 4.69) is 12.1 Å². The lowest BCUT2D eigenvalue weighted by Gasteiger charge is -2.25. The van der Waals surface area contributed by atoms with Gasteiger partial charge in [-0.05, 0) is 69.2 Å². The summed E-state index contributed by atoms with van der Waals surface area (Å²) in [4.78, 5) is 17.5. The van der Waals surface area contributed by atoms with Crippen LogP contribution in [0.4, 0.5) is 0 Å². The molecule has 0 atom stereocenters. The summed E-state index contributed by atoms with van der Waals surface area (Å²) in [5.74, 6) is 1.23. The van der Waals surface area contributed by atoms with Crippen LogP contribution in [-0.4, -0.2) is 48.0 Å². The second kappa shape index (κ2) is 11.6. The molecule has 2 aromatic heterocycles. The fraction of sp³-hybridized carbons (Fsp3) is 0.560. The van der Waals surface area contributed by atoms with Crippen molar-refractivity contribution >= 4 is 22.3 Å². The fourth-order valence-corrected chi connectivity index (χ4v) is 5.30. The van der Waals surface area contributed by atoms with Gasteiger partial charge in [-0.3, -0.25) is 4.79 Å². The van der Waals surface area contributed by atoms with Crippen LogP contribution in [0.25, 0.3) is 15.5 Å². The van der Waals surface area contributed by atoms with Crippen LogP contribution in [0.1, 0.15) is 63.0 Å². The van der Waals surface area contributed by atoms with Crippen molar-refractivity contribution in [3.63, 3.8) is 0 Å². The van der Waals surface area contributed by atoms with E-state index < -0.39 is 0 Å². The zero-order valence-electron chi connectivity index (χ0n) is 19.5. The zero-order chi connectivity index (χ0) is 23.0. The van der Waals surface area contributed by atoms with Gasteiger partial charge in [0.05, 0.1) is 31.5 Å². The topological polar surface area (TPSA) is 75.0 Å². The van der Waals surface area contributed by atoms with Gasteiger partial charge in [-0.25, -0.2) is 9.50 Å². The van der Waals surface area contributed by atoms with Crippen molar-refractivity contribution in [2.45, 2.75) is 57.3 Å². The van der Waals surface area contributed by atoms with Gasteiger partial charge in [-0.2, -0.15) is 5.10 Å². The van der Waals surface area contributed by atoms with E-state index in [-0.39, 0.29) is 11.9 Å². The number of carbonyl (C=O) groups is 1. The highest BCUT2D eigenvalue weighted by Gasteiger charge is 2.29. The third kappa shape index (κ3) is 6.12. The monoisotopic (exact) mass is 471 g/mol. The second-order valence-corrected chi connectivity index (χ2v) is 9.61. The van der Waals surface area contributed by atoms with Gasteiger partial charge in [-0.1, -0.05) is 17.8 Å². The molecule has 4 rings (SSSR count). The molecule has 1 fully saturated rings. The molecule has 3 aromatic rings. The number of rotatable bonds is 11. The van der Waals surface area contributed by atoms with Gasteiger partial charge in [0.15, 0.2) is 0 Å². The molecule has 0 radical (unpaired) electrons. The average molecular weight is 472 g/mol. The molecule has 0 saturated heterocycles. The number of hydrogen-bond acceptors (Lipinski definition) is 7. The van der Waals surface area contributed by atoms with E-state index in [9.17, 15) is 4.79 Å². The number of imidazole rings is 1. The Balaban J connectivity index is 1.29. The molecule has 0 amide bonds. The SMILES string of the molecule is COCCCCCCOc1ccc(-c2nn3cc([C@H]4CC[C@H](C(=O)OC)CC4)nc3s2)cc1. The van der Waals surface area contributed by atoms with Crippen molar-refractivity contribution in [2.75, 3.05) is 27.4 Å². The Morgan fingerprint density at radius 3 is 2.42 bits per heavy atom. The predicted molar refractivity (Wildman–Crippen MR) is 129 cm³/mol. The van der Waals surface area contributed by atoms with Crippen LogP contribution in [0.15, 0.2) is 30.5 Å². The first-order chi connectivity index (χ1) is 16.2. The van der Waals surface area contributed by atoms with E-state index in [0.717, 1.165) is 85.1 Å². The Bertz CT molecular complexity index is 991. The Labute approximate surface area is 199 Å². The molecule has 2 heterocycles. The van der Waals surface area contributed by atoms with Gasteiger partial charge in [0.25, 0.3) is 0 Å². The van der Waals surface area contributed by atoms with E-state index in [0.29, 0.717) is 5.92 Å². The molecular weight excluding hydrogens is 438 g/mol. The van der Waals surface area contributed by atoms with Crippen molar-refractivity contribution in [2.24, 2.45) is 5.92 Å². The van der Waals surface area contributed by atoms with Crippen molar-refractivity contribution in [1.82, 2.24) is 14.6 Å². The average Bonchev–Trinajstić information content (AvgIpc) is 3.43. The van der Waals surface area contributed by atoms with Gasteiger partial charge in [-0.15, -0.1) is 0 Å². The quantitative estimate of drug-likeness (QED) is 0.272. The molecule has 178 valence electrons. The molecule has 33 heavy (non-hydrogen) atoms. The Morgan fingerprint density at radius 2 is 1.76 bits per heavy atom. The number of benzene rings is 1. The lowest BCUT2D eigenvalue weighted by molar-refractivity contribution is -0.146. The number of esters is 1. The second-order valence-electron chi connectivity index (χ2n) is 8.65. The molecule has 0 spiro atoms. The van der Waals surface area contributed by atoms with Crippen LogP contribution in [0.2, 0.25) is 0 Å². The van der Waals surface area contributed by atoms with Gasteiger partial charge < -0.3 is 14.2 Å². The van der Waals surface area contributed by atoms with Crippen molar-refractivity contribution in [3.8, 4) is 16.3 Å². The highest BCUT2D eigenvalue weighted by Crippen LogP contribution is 2.37. The van der Waals surface area contributed by atoms with Gasteiger partial charge in [0.2, 0.25) is 4.96 Å². The lowest BCUT2D eigenvalue weighted by atomic mass is 9.81. The fourth-order valence-electron chi connectivity index (χ4n) is 4.41. The van der Waals surface area contributed by atoms with E-state index in [1.807, 2.05) is 22.8 Å². The van der Waals surface area contributed by atoms with Crippen molar-refractivity contribution in [1.29, 1.82) is 0 Å². The molecule has 1 aliphatic rings. The summed E-state index contributed by atoms with van der Waals surface area (Å²) >= 11 is 1.60. The Morgan fingerprint density at radius 1 is 1.03 bits per heavy atom. The maximum absolute atomic E-state index is 11.8.